The van der Waals surface area contributed by atoms with Crippen LogP contribution in [-0.2, 0) is 16.6 Å². The molecule has 0 fully saturated rings. The molecule has 0 saturated carbocycles. The number of phenolic OH excluding ortho intramolecular Hbond substituents is 1. The maximum absolute atomic E-state index is 13.8. The number of phenols is 1. The average Bonchev–Trinajstić information content (AvgIpc) is 2.85. The number of amides is 1. The van der Waals surface area contributed by atoms with Crippen LogP contribution in [0.3, 0.4) is 0 Å². The Labute approximate surface area is 213 Å². The zero-order valence-corrected chi connectivity index (χ0v) is 20.7. The molecule has 0 saturated heterocycles. The third kappa shape index (κ3) is 5.50. The van der Waals surface area contributed by atoms with Crippen LogP contribution in [0.1, 0.15) is 21.5 Å². The van der Waals surface area contributed by atoms with Crippen molar-refractivity contribution in [1.82, 2.24) is 0 Å². The standard InChI is InChI=1S/C27H22ClFN2O4S/c1-18-7-14-24(25(32)15-18)30-27(33)20-8-13-23(28)26(16-20)36(34,35)31(17-19-5-3-2-4-6-19)22-11-9-21(29)10-12-22/h2-16,32H,17H2,1H3,(H,30,33). The van der Waals surface area contributed by atoms with E-state index in [1.165, 1.54) is 48.5 Å². The van der Waals surface area contributed by atoms with Gasteiger partial charge in [0.1, 0.15) is 16.5 Å². The molecule has 9 heteroatoms. The van der Waals surface area contributed by atoms with Crippen LogP contribution in [-0.4, -0.2) is 19.4 Å². The van der Waals surface area contributed by atoms with Gasteiger partial charge < -0.3 is 10.4 Å². The summed E-state index contributed by atoms with van der Waals surface area (Å²) in [5.74, 6) is -1.25. The maximum atomic E-state index is 13.8. The summed E-state index contributed by atoms with van der Waals surface area (Å²) in [4.78, 5) is 12.6. The van der Waals surface area contributed by atoms with Crippen molar-refractivity contribution >= 4 is 38.9 Å². The minimum Gasteiger partial charge on any atom is -0.506 e. The molecule has 0 aromatic heterocycles. The molecule has 2 N–H and O–H groups in total. The molecule has 4 rings (SSSR count). The van der Waals surface area contributed by atoms with E-state index in [9.17, 15) is 22.7 Å². The van der Waals surface area contributed by atoms with E-state index in [0.29, 0.717) is 5.56 Å². The molecule has 0 spiro atoms. The number of rotatable bonds is 7. The SMILES string of the molecule is Cc1ccc(NC(=O)c2ccc(Cl)c(S(=O)(=O)N(Cc3ccccc3)c3ccc(F)cc3)c2)c(O)c1. The van der Waals surface area contributed by atoms with E-state index in [2.05, 4.69) is 5.32 Å². The number of nitrogens with zero attached hydrogens (tertiary/aromatic N) is 1. The van der Waals surface area contributed by atoms with E-state index >= 15 is 0 Å². The summed E-state index contributed by atoms with van der Waals surface area (Å²) in [6.45, 7) is 1.75. The highest BCUT2D eigenvalue weighted by molar-refractivity contribution is 7.93. The van der Waals surface area contributed by atoms with Gasteiger partial charge in [0.05, 0.1) is 22.9 Å². The van der Waals surface area contributed by atoms with Gasteiger partial charge in [-0.25, -0.2) is 12.8 Å². The first kappa shape index (κ1) is 25.2. The Morgan fingerprint density at radius 2 is 1.67 bits per heavy atom. The summed E-state index contributed by atoms with van der Waals surface area (Å²) in [6.07, 6.45) is 0. The van der Waals surface area contributed by atoms with Crippen LogP contribution in [0.25, 0.3) is 0 Å². The van der Waals surface area contributed by atoms with Crippen molar-refractivity contribution in [3.63, 3.8) is 0 Å². The summed E-state index contributed by atoms with van der Waals surface area (Å²) < 4.78 is 42.4. The first-order chi connectivity index (χ1) is 17.1. The van der Waals surface area contributed by atoms with Gasteiger partial charge in [0.15, 0.2) is 0 Å². The van der Waals surface area contributed by atoms with E-state index < -0.39 is 21.7 Å². The zero-order valence-electron chi connectivity index (χ0n) is 19.2. The van der Waals surface area contributed by atoms with Gasteiger partial charge in [0.25, 0.3) is 15.9 Å². The van der Waals surface area contributed by atoms with Crippen molar-refractivity contribution < 1.29 is 22.7 Å². The van der Waals surface area contributed by atoms with Gasteiger partial charge in [-0.05, 0) is 72.6 Å². The van der Waals surface area contributed by atoms with Gasteiger partial charge >= 0.3 is 0 Å². The van der Waals surface area contributed by atoms with Crippen LogP contribution in [0.5, 0.6) is 5.75 Å². The first-order valence-electron chi connectivity index (χ1n) is 10.9. The van der Waals surface area contributed by atoms with Crippen molar-refractivity contribution in [2.75, 3.05) is 9.62 Å². The number of benzene rings is 4. The number of nitrogens with one attached hydrogen (secondary N) is 1. The first-order valence-corrected chi connectivity index (χ1v) is 12.7. The molecule has 36 heavy (non-hydrogen) atoms. The molecule has 4 aromatic carbocycles. The van der Waals surface area contributed by atoms with Gasteiger partial charge in [-0.15, -0.1) is 0 Å². The number of anilines is 2. The number of carbonyl (C=O) groups is 1. The lowest BCUT2D eigenvalue weighted by molar-refractivity contribution is 0.102. The van der Waals surface area contributed by atoms with Crippen LogP contribution in [0.4, 0.5) is 15.8 Å². The number of aromatic hydroxyl groups is 1. The molecule has 184 valence electrons. The number of carbonyl (C=O) groups excluding carboxylic acids is 1. The number of aryl methyl sites for hydroxylation is 1. The van der Waals surface area contributed by atoms with Crippen LogP contribution in [0, 0.1) is 12.7 Å². The second kappa shape index (κ2) is 10.4. The fourth-order valence-electron chi connectivity index (χ4n) is 3.57. The summed E-state index contributed by atoms with van der Waals surface area (Å²) in [5, 5.41) is 12.6. The predicted molar refractivity (Wildman–Crippen MR) is 138 cm³/mol. The topological polar surface area (TPSA) is 86.7 Å². The number of sulfonamides is 1. The molecular weight excluding hydrogens is 503 g/mol. The van der Waals surface area contributed by atoms with Gasteiger partial charge in [-0.3, -0.25) is 9.10 Å². The third-order valence-electron chi connectivity index (χ3n) is 5.45. The largest absolute Gasteiger partial charge is 0.506 e. The molecule has 0 unspecified atom stereocenters. The number of hydrogen-bond donors (Lipinski definition) is 2. The third-order valence-corrected chi connectivity index (χ3v) is 7.70. The number of hydrogen-bond acceptors (Lipinski definition) is 4. The summed E-state index contributed by atoms with van der Waals surface area (Å²) in [6, 6.07) is 22.6. The smallest absolute Gasteiger partial charge is 0.266 e. The van der Waals surface area contributed by atoms with Crippen molar-refractivity contribution in [3.8, 4) is 5.75 Å². The Balaban J connectivity index is 1.73. The summed E-state index contributed by atoms with van der Waals surface area (Å²) in [7, 11) is -4.29. The lowest BCUT2D eigenvalue weighted by Gasteiger charge is -2.25. The van der Waals surface area contributed by atoms with Crippen LogP contribution in [0.15, 0.2) is 95.9 Å². The molecule has 0 heterocycles. The predicted octanol–water partition coefficient (Wildman–Crippen LogP) is 6.14. The quantitative estimate of drug-likeness (QED) is 0.284. The van der Waals surface area contributed by atoms with E-state index in [-0.39, 0.29) is 39.2 Å². The fraction of sp³-hybridized carbons (Fsp3) is 0.0741. The fourth-order valence-corrected chi connectivity index (χ4v) is 5.53. The highest BCUT2D eigenvalue weighted by Crippen LogP contribution is 2.32. The van der Waals surface area contributed by atoms with E-state index in [0.717, 1.165) is 9.87 Å². The Morgan fingerprint density at radius 1 is 0.972 bits per heavy atom. The second-order valence-electron chi connectivity index (χ2n) is 8.09. The lowest BCUT2D eigenvalue weighted by atomic mass is 10.2. The van der Waals surface area contributed by atoms with Crippen LogP contribution >= 0.6 is 11.6 Å². The number of halogens is 2. The molecular formula is C27H22ClFN2O4S. The van der Waals surface area contributed by atoms with Crippen molar-refractivity contribution in [3.05, 3.63) is 119 Å². The molecule has 0 aliphatic heterocycles. The molecule has 1 amide bonds. The molecule has 0 radical (unpaired) electrons. The summed E-state index contributed by atoms with van der Waals surface area (Å²) in [5.41, 5.74) is 1.95. The lowest BCUT2D eigenvalue weighted by Crippen LogP contribution is -2.31. The highest BCUT2D eigenvalue weighted by Gasteiger charge is 2.29. The zero-order chi connectivity index (χ0) is 25.9. The molecule has 0 aliphatic rings. The van der Waals surface area contributed by atoms with Gasteiger partial charge in [0, 0.05) is 5.56 Å². The molecule has 0 bridgehead atoms. The Morgan fingerprint density at radius 3 is 2.33 bits per heavy atom. The molecule has 6 nitrogen and oxygen atoms in total. The minimum absolute atomic E-state index is 0.0247. The minimum atomic E-state index is -4.29. The Kier molecular flexibility index (Phi) is 7.28. The van der Waals surface area contributed by atoms with Crippen molar-refractivity contribution in [1.29, 1.82) is 0 Å². The van der Waals surface area contributed by atoms with E-state index in [4.69, 9.17) is 11.6 Å². The second-order valence-corrected chi connectivity index (χ2v) is 10.3. The molecule has 0 aliphatic carbocycles. The monoisotopic (exact) mass is 524 g/mol. The molecule has 4 aromatic rings. The van der Waals surface area contributed by atoms with Crippen LogP contribution < -0.4 is 9.62 Å². The van der Waals surface area contributed by atoms with Crippen molar-refractivity contribution in [2.45, 2.75) is 18.4 Å². The van der Waals surface area contributed by atoms with Crippen molar-refractivity contribution in [2.24, 2.45) is 0 Å². The van der Waals surface area contributed by atoms with Crippen LogP contribution in [0.2, 0.25) is 5.02 Å². The van der Waals surface area contributed by atoms with Gasteiger partial charge in [-0.2, -0.15) is 0 Å². The molecule has 0 atom stereocenters. The Bertz CT molecular complexity index is 1510. The van der Waals surface area contributed by atoms with Gasteiger partial charge in [-0.1, -0.05) is 48.0 Å². The normalized spacial score (nSPS) is 11.2. The average molecular weight is 525 g/mol. The van der Waals surface area contributed by atoms with E-state index in [1.807, 2.05) is 6.07 Å². The summed E-state index contributed by atoms with van der Waals surface area (Å²) >= 11 is 6.31. The highest BCUT2D eigenvalue weighted by atomic mass is 35.5. The van der Waals surface area contributed by atoms with Gasteiger partial charge in [0.2, 0.25) is 0 Å². The maximum Gasteiger partial charge on any atom is 0.266 e. The Hall–Kier alpha value is -3.88. The van der Waals surface area contributed by atoms with E-state index in [1.54, 1.807) is 43.3 Å².